The second kappa shape index (κ2) is 8.32. The predicted octanol–water partition coefficient (Wildman–Crippen LogP) is 0.444. The number of methoxy groups -OCH3 is 1. The standard InChI is InChI=1S/C11H20N2O5/c1-8(2)13(6-4-5-9(14)15)11(17)12-7-10(16)18-3/h8H,4-7H2,1-3H3,(H,12,17)(H,14,15). The zero-order valence-electron chi connectivity index (χ0n) is 10.9. The van der Waals surface area contributed by atoms with Crippen molar-refractivity contribution in [3.8, 4) is 0 Å². The van der Waals surface area contributed by atoms with Gasteiger partial charge in [0.15, 0.2) is 0 Å². The van der Waals surface area contributed by atoms with Crippen molar-refractivity contribution in [2.75, 3.05) is 20.2 Å². The van der Waals surface area contributed by atoms with Crippen LogP contribution in [0.4, 0.5) is 4.79 Å². The molecule has 0 saturated heterocycles. The fourth-order valence-corrected chi connectivity index (χ4v) is 1.32. The maximum absolute atomic E-state index is 11.7. The maximum atomic E-state index is 11.7. The van der Waals surface area contributed by atoms with E-state index in [1.165, 1.54) is 12.0 Å². The van der Waals surface area contributed by atoms with E-state index in [0.717, 1.165) is 0 Å². The van der Waals surface area contributed by atoms with Crippen LogP contribution in [0.3, 0.4) is 0 Å². The lowest BCUT2D eigenvalue weighted by Gasteiger charge is -2.26. The van der Waals surface area contributed by atoms with Crippen molar-refractivity contribution in [3.05, 3.63) is 0 Å². The summed E-state index contributed by atoms with van der Waals surface area (Å²) >= 11 is 0. The second-order valence-corrected chi connectivity index (χ2v) is 4.02. The summed E-state index contributed by atoms with van der Waals surface area (Å²) in [5.74, 6) is -1.42. The van der Waals surface area contributed by atoms with Crippen LogP contribution < -0.4 is 5.32 Å². The third-order valence-electron chi connectivity index (χ3n) is 2.29. The molecule has 0 aliphatic rings. The number of urea groups is 1. The molecule has 0 aromatic heterocycles. The van der Waals surface area contributed by atoms with E-state index in [1.807, 2.05) is 13.8 Å². The smallest absolute Gasteiger partial charge is 0.325 e. The van der Waals surface area contributed by atoms with Gasteiger partial charge in [0.2, 0.25) is 0 Å². The van der Waals surface area contributed by atoms with Crippen molar-refractivity contribution < 1.29 is 24.2 Å². The minimum absolute atomic E-state index is 0.00744. The first-order valence-electron chi connectivity index (χ1n) is 5.71. The molecule has 0 rings (SSSR count). The van der Waals surface area contributed by atoms with Gasteiger partial charge in [-0.25, -0.2) is 4.79 Å². The van der Waals surface area contributed by atoms with Crippen LogP contribution >= 0.6 is 0 Å². The quantitative estimate of drug-likeness (QED) is 0.648. The van der Waals surface area contributed by atoms with Crippen LogP contribution in [-0.2, 0) is 14.3 Å². The Balaban J connectivity index is 4.19. The molecule has 0 unspecified atom stereocenters. The lowest BCUT2D eigenvalue weighted by molar-refractivity contribution is -0.139. The van der Waals surface area contributed by atoms with Crippen LogP contribution in [0.2, 0.25) is 0 Å². The number of nitrogens with one attached hydrogen (secondary N) is 1. The number of esters is 1. The van der Waals surface area contributed by atoms with Gasteiger partial charge in [-0.15, -0.1) is 0 Å². The molecule has 0 saturated carbocycles. The van der Waals surface area contributed by atoms with Crippen molar-refractivity contribution in [2.45, 2.75) is 32.7 Å². The number of amides is 2. The second-order valence-electron chi connectivity index (χ2n) is 4.02. The van der Waals surface area contributed by atoms with Crippen LogP contribution in [0.5, 0.6) is 0 Å². The predicted molar refractivity (Wildman–Crippen MR) is 64.1 cm³/mol. The van der Waals surface area contributed by atoms with Gasteiger partial charge in [0, 0.05) is 19.0 Å². The number of carboxylic acid groups (broad SMARTS) is 1. The molecule has 0 aromatic rings. The number of hydrogen-bond acceptors (Lipinski definition) is 4. The topological polar surface area (TPSA) is 95.9 Å². The van der Waals surface area contributed by atoms with Gasteiger partial charge in [0.05, 0.1) is 7.11 Å². The third kappa shape index (κ3) is 6.72. The Labute approximate surface area is 106 Å². The molecule has 7 heteroatoms. The molecule has 0 spiro atoms. The van der Waals surface area contributed by atoms with Crippen LogP contribution in [0, 0.1) is 0 Å². The highest BCUT2D eigenvalue weighted by molar-refractivity contribution is 5.81. The van der Waals surface area contributed by atoms with E-state index in [-0.39, 0.29) is 19.0 Å². The van der Waals surface area contributed by atoms with Gasteiger partial charge in [-0.2, -0.15) is 0 Å². The average molecular weight is 260 g/mol. The zero-order chi connectivity index (χ0) is 14.1. The van der Waals surface area contributed by atoms with Gasteiger partial charge >= 0.3 is 18.0 Å². The first-order chi connectivity index (χ1) is 8.38. The summed E-state index contributed by atoms with van der Waals surface area (Å²) in [7, 11) is 1.24. The lowest BCUT2D eigenvalue weighted by atomic mass is 10.2. The molecule has 18 heavy (non-hydrogen) atoms. The summed E-state index contributed by atoms with van der Waals surface area (Å²) < 4.78 is 4.40. The van der Waals surface area contributed by atoms with Gasteiger partial charge in [-0.3, -0.25) is 9.59 Å². The summed E-state index contributed by atoms with van der Waals surface area (Å²) in [5.41, 5.74) is 0. The SMILES string of the molecule is COC(=O)CNC(=O)N(CCCC(=O)O)C(C)C. The third-order valence-corrected chi connectivity index (χ3v) is 2.29. The largest absolute Gasteiger partial charge is 0.481 e. The van der Waals surface area contributed by atoms with E-state index < -0.39 is 18.0 Å². The summed E-state index contributed by atoms with van der Waals surface area (Å²) in [6.07, 6.45) is 0.382. The Kier molecular flexibility index (Phi) is 7.50. The molecule has 0 fully saturated rings. The first-order valence-corrected chi connectivity index (χ1v) is 5.71. The van der Waals surface area contributed by atoms with Crippen LogP contribution in [-0.4, -0.2) is 54.2 Å². The molecule has 7 nitrogen and oxygen atoms in total. The molecule has 0 radical (unpaired) electrons. The van der Waals surface area contributed by atoms with E-state index in [1.54, 1.807) is 0 Å². The monoisotopic (exact) mass is 260 g/mol. The van der Waals surface area contributed by atoms with Crippen molar-refractivity contribution in [2.24, 2.45) is 0 Å². The molecule has 0 aliphatic carbocycles. The Morgan fingerprint density at radius 2 is 1.94 bits per heavy atom. The van der Waals surface area contributed by atoms with E-state index >= 15 is 0 Å². The fraction of sp³-hybridized carbons (Fsp3) is 0.727. The highest BCUT2D eigenvalue weighted by atomic mass is 16.5. The molecule has 2 amide bonds. The Hall–Kier alpha value is -1.79. The Bertz CT molecular complexity index is 304. The highest BCUT2D eigenvalue weighted by Gasteiger charge is 2.17. The normalized spacial score (nSPS) is 10.0. The van der Waals surface area contributed by atoms with Gasteiger partial charge in [0.25, 0.3) is 0 Å². The van der Waals surface area contributed by atoms with Crippen LogP contribution in [0.15, 0.2) is 0 Å². The molecule has 0 heterocycles. The molecule has 2 N–H and O–H groups in total. The maximum Gasteiger partial charge on any atom is 0.325 e. The highest BCUT2D eigenvalue weighted by Crippen LogP contribution is 2.02. The molecular formula is C11H20N2O5. The van der Waals surface area contributed by atoms with E-state index in [2.05, 4.69) is 10.1 Å². The van der Waals surface area contributed by atoms with Crippen LogP contribution in [0.1, 0.15) is 26.7 Å². The number of rotatable bonds is 7. The number of aliphatic carboxylic acids is 1. The number of carbonyl (C=O) groups is 3. The first kappa shape index (κ1) is 16.2. The van der Waals surface area contributed by atoms with Crippen molar-refractivity contribution in [1.82, 2.24) is 10.2 Å². The Morgan fingerprint density at radius 3 is 2.39 bits per heavy atom. The summed E-state index contributed by atoms with van der Waals surface area (Å²) in [6, 6.07) is -0.475. The summed E-state index contributed by atoms with van der Waals surface area (Å²) in [4.78, 5) is 34.5. The van der Waals surface area contributed by atoms with E-state index in [9.17, 15) is 14.4 Å². The van der Waals surface area contributed by atoms with Crippen LogP contribution in [0.25, 0.3) is 0 Å². The van der Waals surface area contributed by atoms with E-state index in [0.29, 0.717) is 13.0 Å². The molecule has 0 bridgehead atoms. The van der Waals surface area contributed by atoms with Crippen molar-refractivity contribution in [3.63, 3.8) is 0 Å². The number of ether oxygens (including phenoxy) is 1. The average Bonchev–Trinajstić information content (AvgIpc) is 2.30. The minimum Gasteiger partial charge on any atom is -0.481 e. The number of carbonyl (C=O) groups excluding carboxylic acids is 2. The van der Waals surface area contributed by atoms with Gasteiger partial charge < -0.3 is 20.1 Å². The zero-order valence-corrected chi connectivity index (χ0v) is 10.9. The summed E-state index contributed by atoms with van der Waals surface area (Å²) in [5, 5.41) is 10.9. The summed E-state index contributed by atoms with van der Waals surface area (Å²) in [6.45, 7) is 3.77. The van der Waals surface area contributed by atoms with Gasteiger partial charge in [-0.1, -0.05) is 0 Å². The van der Waals surface area contributed by atoms with Gasteiger partial charge in [-0.05, 0) is 20.3 Å². The molecule has 0 atom stereocenters. The number of carboxylic acids is 1. The lowest BCUT2D eigenvalue weighted by Crippen LogP contribution is -2.46. The minimum atomic E-state index is -0.895. The molecule has 0 aliphatic heterocycles. The molecule has 104 valence electrons. The fourth-order valence-electron chi connectivity index (χ4n) is 1.32. The van der Waals surface area contributed by atoms with Crippen molar-refractivity contribution in [1.29, 1.82) is 0 Å². The number of hydrogen-bond donors (Lipinski definition) is 2. The molecular weight excluding hydrogens is 240 g/mol. The number of nitrogens with zero attached hydrogens (tertiary/aromatic N) is 1. The Morgan fingerprint density at radius 1 is 1.33 bits per heavy atom. The van der Waals surface area contributed by atoms with E-state index in [4.69, 9.17) is 5.11 Å². The van der Waals surface area contributed by atoms with Crippen molar-refractivity contribution >= 4 is 18.0 Å². The van der Waals surface area contributed by atoms with Gasteiger partial charge in [0.1, 0.15) is 6.54 Å². The molecule has 0 aromatic carbocycles.